The van der Waals surface area contributed by atoms with E-state index in [0.717, 1.165) is 24.8 Å². The lowest BCUT2D eigenvalue weighted by Crippen LogP contribution is -2.40. The topological polar surface area (TPSA) is 83.7 Å². The van der Waals surface area contributed by atoms with E-state index in [9.17, 15) is 13.2 Å². The van der Waals surface area contributed by atoms with Crippen molar-refractivity contribution in [3.8, 4) is 0 Å². The number of aryl methyl sites for hydroxylation is 1. The van der Waals surface area contributed by atoms with Crippen LogP contribution in [-0.2, 0) is 10.0 Å². The van der Waals surface area contributed by atoms with E-state index in [1.807, 2.05) is 13.8 Å². The number of nitrogens with two attached hydrogens (primary N) is 1. The van der Waals surface area contributed by atoms with Crippen molar-refractivity contribution in [2.24, 2.45) is 5.73 Å². The third-order valence-corrected chi connectivity index (χ3v) is 6.61. The molecule has 0 saturated carbocycles. The molecule has 0 bridgehead atoms. The van der Waals surface area contributed by atoms with Crippen LogP contribution in [0.5, 0.6) is 0 Å². The van der Waals surface area contributed by atoms with E-state index in [0.29, 0.717) is 25.2 Å². The van der Waals surface area contributed by atoms with Gasteiger partial charge >= 0.3 is 0 Å². The number of amides is 1. The Kier molecular flexibility index (Phi) is 7.87. The Labute approximate surface area is 156 Å². The first-order valence-electron chi connectivity index (χ1n) is 8.37. The summed E-state index contributed by atoms with van der Waals surface area (Å²) >= 11 is 0. The molecule has 1 unspecified atom stereocenters. The number of nitrogens with zero attached hydrogens (tertiary/aromatic N) is 2. The fourth-order valence-electron chi connectivity index (χ4n) is 2.79. The van der Waals surface area contributed by atoms with Gasteiger partial charge in [-0.3, -0.25) is 4.79 Å². The van der Waals surface area contributed by atoms with Crippen molar-refractivity contribution in [2.45, 2.75) is 44.0 Å². The Morgan fingerprint density at radius 3 is 2.44 bits per heavy atom. The molecule has 0 radical (unpaired) electrons. The summed E-state index contributed by atoms with van der Waals surface area (Å²) in [7, 11) is -1.86. The third kappa shape index (κ3) is 4.73. The third-order valence-electron chi connectivity index (χ3n) is 4.71. The number of halogens is 1. The van der Waals surface area contributed by atoms with Crippen molar-refractivity contribution in [1.29, 1.82) is 0 Å². The maximum Gasteiger partial charge on any atom is 0.254 e. The zero-order chi connectivity index (χ0) is 17.9. The van der Waals surface area contributed by atoms with E-state index < -0.39 is 10.0 Å². The van der Waals surface area contributed by atoms with Crippen LogP contribution in [-0.4, -0.2) is 56.3 Å². The molecule has 142 valence electrons. The van der Waals surface area contributed by atoms with Crippen molar-refractivity contribution in [2.75, 3.05) is 26.7 Å². The number of carbonyl (C=O) groups excluding carboxylic acids is 1. The van der Waals surface area contributed by atoms with E-state index in [1.54, 1.807) is 24.1 Å². The lowest BCUT2D eigenvalue weighted by Gasteiger charge is -2.27. The maximum atomic E-state index is 12.8. The van der Waals surface area contributed by atoms with Crippen molar-refractivity contribution >= 4 is 28.3 Å². The first-order valence-corrected chi connectivity index (χ1v) is 9.81. The van der Waals surface area contributed by atoms with Crippen LogP contribution in [0.4, 0.5) is 0 Å². The summed E-state index contributed by atoms with van der Waals surface area (Å²) in [6.45, 7) is 5.12. The summed E-state index contributed by atoms with van der Waals surface area (Å²) in [5.74, 6) is -0.207. The molecule has 1 aromatic carbocycles. The Hall–Kier alpha value is -1.15. The van der Waals surface area contributed by atoms with Gasteiger partial charge in [-0.15, -0.1) is 12.4 Å². The fourth-order valence-corrected chi connectivity index (χ4v) is 4.34. The molecule has 1 amide bonds. The number of hydrogen-bond acceptors (Lipinski definition) is 4. The normalized spacial score (nSPS) is 16.8. The number of hydrogen-bond donors (Lipinski definition) is 1. The van der Waals surface area contributed by atoms with E-state index in [-0.39, 0.29) is 29.3 Å². The highest BCUT2D eigenvalue weighted by Gasteiger charge is 2.27. The van der Waals surface area contributed by atoms with Crippen LogP contribution < -0.4 is 5.73 Å². The molecule has 1 aromatic rings. The summed E-state index contributed by atoms with van der Waals surface area (Å²) in [6, 6.07) is 4.67. The monoisotopic (exact) mass is 389 g/mol. The van der Waals surface area contributed by atoms with Gasteiger partial charge in [-0.2, -0.15) is 4.31 Å². The van der Waals surface area contributed by atoms with Gasteiger partial charge in [-0.25, -0.2) is 8.42 Å². The van der Waals surface area contributed by atoms with Gasteiger partial charge < -0.3 is 10.6 Å². The summed E-state index contributed by atoms with van der Waals surface area (Å²) in [5.41, 5.74) is 6.80. The molecule has 25 heavy (non-hydrogen) atoms. The first kappa shape index (κ1) is 21.9. The molecular formula is C17H28ClN3O3S. The number of rotatable bonds is 5. The second-order valence-electron chi connectivity index (χ2n) is 6.44. The lowest BCUT2D eigenvalue weighted by atomic mass is 10.1. The summed E-state index contributed by atoms with van der Waals surface area (Å²) in [6.07, 6.45) is 2.83. The van der Waals surface area contributed by atoms with E-state index in [2.05, 4.69) is 0 Å². The largest absolute Gasteiger partial charge is 0.338 e. The average molecular weight is 390 g/mol. The molecule has 1 saturated heterocycles. The molecule has 1 aliphatic heterocycles. The average Bonchev–Trinajstić information content (AvgIpc) is 2.60. The van der Waals surface area contributed by atoms with Gasteiger partial charge in [0, 0.05) is 38.3 Å². The second-order valence-corrected chi connectivity index (χ2v) is 8.38. The van der Waals surface area contributed by atoms with Crippen LogP contribution in [0.2, 0.25) is 0 Å². The number of sulfonamides is 1. The molecule has 0 aromatic heterocycles. The Morgan fingerprint density at radius 1 is 1.28 bits per heavy atom. The quantitative estimate of drug-likeness (QED) is 0.834. The Bertz CT molecular complexity index is 703. The summed E-state index contributed by atoms with van der Waals surface area (Å²) in [4.78, 5) is 14.4. The predicted octanol–water partition coefficient (Wildman–Crippen LogP) is 2.01. The molecule has 6 nitrogen and oxygen atoms in total. The van der Waals surface area contributed by atoms with Crippen LogP contribution >= 0.6 is 12.4 Å². The molecule has 0 aliphatic carbocycles. The maximum absolute atomic E-state index is 12.8. The van der Waals surface area contributed by atoms with Crippen LogP contribution in [0.3, 0.4) is 0 Å². The van der Waals surface area contributed by atoms with Crippen LogP contribution in [0.1, 0.15) is 42.1 Å². The van der Waals surface area contributed by atoms with Crippen molar-refractivity contribution in [1.82, 2.24) is 9.21 Å². The molecule has 0 spiro atoms. The predicted molar refractivity (Wildman–Crippen MR) is 102 cm³/mol. The van der Waals surface area contributed by atoms with Gasteiger partial charge in [0.1, 0.15) is 0 Å². The van der Waals surface area contributed by atoms with Gasteiger partial charge in [0.05, 0.1) is 4.90 Å². The van der Waals surface area contributed by atoms with Gasteiger partial charge in [-0.1, -0.05) is 12.5 Å². The van der Waals surface area contributed by atoms with Gasteiger partial charge in [0.15, 0.2) is 0 Å². The molecule has 1 fully saturated rings. The zero-order valence-corrected chi connectivity index (χ0v) is 16.7. The minimum atomic E-state index is -3.55. The van der Waals surface area contributed by atoms with Crippen molar-refractivity contribution in [3.05, 3.63) is 29.3 Å². The number of carbonyl (C=O) groups is 1. The lowest BCUT2D eigenvalue weighted by molar-refractivity contribution is 0.0747. The standard InChI is InChI=1S/C17H27N3O3S.ClH/c1-13-7-8-15(24(22,23)20-9-5-4-6-10-20)11-16(13)17(21)19(3)14(2)12-18;/h7-8,11,14H,4-6,9-10,12,18H2,1-3H3;1H. The number of piperidine rings is 1. The smallest absolute Gasteiger partial charge is 0.254 e. The molecule has 1 atom stereocenters. The van der Waals surface area contributed by atoms with E-state index in [4.69, 9.17) is 5.73 Å². The number of likely N-dealkylation sites (N-methyl/N-ethyl adjacent to an activating group) is 1. The molecule has 2 rings (SSSR count). The molecular weight excluding hydrogens is 362 g/mol. The molecule has 8 heteroatoms. The van der Waals surface area contributed by atoms with Gasteiger partial charge in [0.2, 0.25) is 10.0 Å². The highest BCUT2D eigenvalue weighted by Crippen LogP contribution is 2.23. The fraction of sp³-hybridized carbons (Fsp3) is 0.588. The van der Waals surface area contributed by atoms with E-state index in [1.165, 1.54) is 10.4 Å². The Balaban J connectivity index is 0.00000312. The highest BCUT2D eigenvalue weighted by molar-refractivity contribution is 7.89. The van der Waals surface area contributed by atoms with Crippen LogP contribution in [0, 0.1) is 6.92 Å². The van der Waals surface area contributed by atoms with Gasteiger partial charge in [-0.05, 0) is 44.4 Å². The highest BCUT2D eigenvalue weighted by atomic mass is 35.5. The van der Waals surface area contributed by atoms with Crippen LogP contribution in [0.15, 0.2) is 23.1 Å². The summed E-state index contributed by atoms with van der Waals surface area (Å²) in [5, 5.41) is 0. The van der Waals surface area contributed by atoms with Crippen molar-refractivity contribution in [3.63, 3.8) is 0 Å². The molecule has 1 heterocycles. The Morgan fingerprint density at radius 2 is 1.88 bits per heavy atom. The minimum Gasteiger partial charge on any atom is -0.338 e. The second kappa shape index (κ2) is 8.98. The van der Waals surface area contributed by atoms with Gasteiger partial charge in [0.25, 0.3) is 5.91 Å². The zero-order valence-electron chi connectivity index (χ0n) is 15.1. The van der Waals surface area contributed by atoms with Crippen LogP contribution in [0.25, 0.3) is 0 Å². The van der Waals surface area contributed by atoms with Crippen molar-refractivity contribution < 1.29 is 13.2 Å². The number of benzene rings is 1. The minimum absolute atomic E-state index is 0. The van der Waals surface area contributed by atoms with E-state index >= 15 is 0 Å². The SMILES string of the molecule is Cc1ccc(S(=O)(=O)N2CCCCC2)cc1C(=O)N(C)C(C)CN.Cl. The summed E-state index contributed by atoms with van der Waals surface area (Å²) < 4.78 is 27.1. The first-order chi connectivity index (χ1) is 11.3. The molecule has 2 N–H and O–H groups in total. The molecule has 1 aliphatic rings.